The molecule has 0 N–H and O–H groups in total. The molecule has 0 saturated heterocycles. The van der Waals surface area contributed by atoms with E-state index in [0.29, 0.717) is 11.8 Å². The second-order valence-electron chi connectivity index (χ2n) is 6.98. The highest BCUT2D eigenvalue weighted by Gasteiger charge is 2.74. The van der Waals surface area contributed by atoms with Crippen molar-refractivity contribution >= 4 is 5.69 Å². The smallest absolute Gasteiger partial charge is 0.378 e. The van der Waals surface area contributed by atoms with Gasteiger partial charge in [0, 0.05) is 25.3 Å². The van der Waals surface area contributed by atoms with Crippen molar-refractivity contribution in [1.29, 1.82) is 0 Å². The molecule has 0 fully saturated rings. The maximum absolute atomic E-state index is 15.1. The summed E-state index contributed by atoms with van der Waals surface area (Å²) in [6.45, 7) is 3.20. The Morgan fingerprint density at radius 3 is 1.66 bits per heavy atom. The van der Waals surface area contributed by atoms with E-state index in [-0.39, 0.29) is 35.1 Å². The molecule has 1 nitrogen and oxygen atoms in total. The van der Waals surface area contributed by atoms with Crippen LogP contribution in [0, 0.1) is 0 Å². The maximum atomic E-state index is 15.1. The molecule has 0 aliphatic carbocycles. The molecule has 0 saturated carbocycles. The van der Waals surface area contributed by atoms with Gasteiger partial charge in [-0.1, -0.05) is 38.1 Å². The van der Waals surface area contributed by atoms with E-state index < -0.39 is 23.6 Å². The van der Waals surface area contributed by atoms with Gasteiger partial charge < -0.3 is 4.90 Å². The van der Waals surface area contributed by atoms with E-state index in [1.54, 1.807) is 45.0 Å². The Bertz CT molecular complexity index is 835. The zero-order chi connectivity index (χ0) is 22.2. The fraction of sp³-hybridized carbons (Fsp3) is 0.429. The third kappa shape index (κ3) is 4.07. The summed E-state index contributed by atoms with van der Waals surface area (Å²) in [5.41, 5.74) is -6.02. The minimum Gasteiger partial charge on any atom is -0.378 e. The summed E-state index contributed by atoms with van der Waals surface area (Å²) in [6.07, 6.45) is -12.0. The Balaban J connectivity index is 2.93. The number of halogens is 7. The average Bonchev–Trinajstić information content (AvgIpc) is 2.64. The summed E-state index contributed by atoms with van der Waals surface area (Å²) < 4.78 is 96.2. The number of anilines is 1. The van der Waals surface area contributed by atoms with Gasteiger partial charge in [-0.2, -0.15) is 26.3 Å². The van der Waals surface area contributed by atoms with Crippen LogP contribution in [0.1, 0.15) is 30.5 Å². The lowest BCUT2D eigenvalue weighted by molar-refractivity contribution is -0.348. The molecule has 0 spiro atoms. The molecular formula is C21H22F7N. The molecule has 0 atom stereocenters. The predicted molar refractivity (Wildman–Crippen MR) is 99.9 cm³/mol. The van der Waals surface area contributed by atoms with Crippen LogP contribution < -0.4 is 4.90 Å². The van der Waals surface area contributed by atoms with E-state index in [1.807, 2.05) is 0 Å². The molecule has 0 aromatic heterocycles. The van der Waals surface area contributed by atoms with Crippen molar-refractivity contribution in [2.45, 2.75) is 44.7 Å². The van der Waals surface area contributed by atoms with Crippen LogP contribution in [0.25, 0.3) is 11.1 Å². The van der Waals surface area contributed by atoms with E-state index in [4.69, 9.17) is 0 Å². The lowest BCUT2D eigenvalue weighted by Gasteiger charge is -2.33. The highest BCUT2D eigenvalue weighted by atomic mass is 19.4. The predicted octanol–water partition coefficient (Wildman–Crippen LogP) is 6.83. The van der Waals surface area contributed by atoms with Crippen molar-refractivity contribution in [3.8, 4) is 11.1 Å². The van der Waals surface area contributed by atoms with E-state index in [1.165, 1.54) is 18.2 Å². The topological polar surface area (TPSA) is 3.24 Å². The van der Waals surface area contributed by atoms with Gasteiger partial charge in [0.25, 0.3) is 0 Å². The van der Waals surface area contributed by atoms with E-state index in [9.17, 15) is 26.3 Å². The summed E-state index contributed by atoms with van der Waals surface area (Å²) in [5, 5.41) is 0. The van der Waals surface area contributed by atoms with E-state index in [0.717, 1.165) is 0 Å². The minimum atomic E-state index is -6.17. The molecule has 0 aliphatic heterocycles. The summed E-state index contributed by atoms with van der Waals surface area (Å²) in [4.78, 5) is 1.73. The Morgan fingerprint density at radius 1 is 0.759 bits per heavy atom. The van der Waals surface area contributed by atoms with Crippen molar-refractivity contribution in [3.05, 3.63) is 53.1 Å². The van der Waals surface area contributed by atoms with Crippen molar-refractivity contribution in [2.75, 3.05) is 19.0 Å². The Kier molecular flexibility index (Phi) is 6.26. The maximum Gasteiger partial charge on any atom is 0.435 e. The normalized spacial score (nSPS) is 12.9. The first-order valence-electron chi connectivity index (χ1n) is 9.04. The largest absolute Gasteiger partial charge is 0.435 e. The van der Waals surface area contributed by atoms with Crippen LogP contribution in [0.2, 0.25) is 0 Å². The monoisotopic (exact) mass is 421 g/mol. The number of aryl methyl sites for hydroxylation is 2. The average molecular weight is 421 g/mol. The molecule has 160 valence electrons. The third-order valence-electron chi connectivity index (χ3n) is 4.89. The van der Waals surface area contributed by atoms with Crippen LogP contribution in [0.15, 0.2) is 36.4 Å². The summed E-state index contributed by atoms with van der Waals surface area (Å²) in [7, 11) is 3.49. The fourth-order valence-corrected chi connectivity index (χ4v) is 3.26. The van der Waals surface area contributed by atoms with Crippen molar-refractivity contribution in [3.63, 3.8) is 0 Å². The first-order valence-corrected chi connectivity index (χ1v) is 9.04. The van der Waals surface area contributed by atoms with Gasteiger partial charge in [0.05, 0.1) is 0 Å². The summed E-state index contributed by atoms with van der Waals surface area (Å²) in [5.74, 6) is 0. The zero-order valence-corrected chi connectivity index (χ0v) is 16.5. The van der Waals surface area contributed by atoms with Gasteiger partial charge in [-0.15, -0.1) is 0 Å². The number of hydrogen-bond donors (Lipinski definition) is 0. The lowest BCUT2D eigenvalue weighted by Crippen LogP contribution is -2.50. The molecule has 0 amide bonds. The molecule has 29 heavy (non-hydrogen) atoms. The van der Waals surface area contributed by atoms with E-state index >= 15 is 4.39 Å². The van der Waals surface area contributed by atoms with Gasteiger partial charge in [0.2, 0.25) is 0 Å². The van der Waals surface area contributed by atoms with Crippen LogP contribution in [-0.2, 0) is 18.5 Å². The fourth-order valence-electron chi connectivity index (χ4n) is 3.26. The van der Waals surface area contributed by atoms with Gasteiger partial charge in [-0.3, -0.25) is 0 Å². The van der Waals surface area contributed by atoms with Crippen LogP contribution in [0.3, 0.4) is 0 Å². The Hall–Kier alpha value is -2.25. The van der Waals surface area contributed by atoms with Crippen LogP contribution in [0.4, 0.5) is 36.4 Å². The second kappa shape index (κ2) is 7.88. The molecular weight excluding hydrogens is 399 g/mol. The number of hydrogen-bond acceptors (Lipinski definition) is 1. The molecule has 8 heteroatoms. The van der Waals surface area contributed by atoms with Crippen molar-refractivity contribution in [2.24, 2.45) is 0 Å². The zero-order valence-electron chi connectivity index (χ0n) is 16.5. The summed E-state index contributed by atoms with van der Waals surface area (Å²) in [6, 6.07) is 8.17. The lowest BCUT2D eigenvalue weighted by atomic mass is 9.82. The number of benzene rings is 2. The quantitative estimate of drug-likeness (QED) is 0.478. The standard InChI is InChI=1S/C21H22F7N/c1-5-13-11-14(6-2)18(15-7-9-16(10-8-15)29(3)4)17(12-13)19(22,20(23,24)25)21(26,27)28/h7-12H,5-6H2,1-4H3. The SMILES string of the molecule is CCc1cc(CC)c(-c2ccc(N(C)C)cc2)c(C(F)(C(F)(F)F)C(F)(F)F)c1. The number of nitrogens with zero attached hydrogens (tertiary/aromatic N) is 1. The van der Waals surface area contributed by atoms with Crippen molar-refractivity contribution in [1.82, 2.24) is 0 Å². The highest BCUT2D eigenvalue weighted by Crippen LogP contribution is 2.56. The van der Waals surface area contributed by atoms with Crippen LogP contribution in [0.5, 0.6) is 0 Å². The Morgan fingerprint density at radius 2 is 1.28 bits per heavy atom. The van der Waals surface area contributed by atoms with Gasteiger partial charge in [-0.25, -0.2) is 4.39 Å². The van der Waals surface area contributed by atoms with Gasteiger partial charge >= 0.3 is 18.0 Å². The third-order valence-corrected chi connectivity index (χ3v) is 4.89. The van der Waals surface area contributed by atoms with Gasteiger partial charge in [0.15, 0.2) is 0 Å². The molecule has 0 heterocycles. The minimum absolute atomic E-state index is 0.0978. The number of rotatable bonds is 5. The van der Waals surface area contributed by atoms with Gasteiger partial charge in [-0.05, 0) is 47.2 Å². The molecule has 0 unspecified atom stereocenters. The summed E-state index contributed by atoms with van der Waals surface area (Å²) >= 11 is 0. The highest BCUT2D eigenvalue weighted by molar-refractivity contribution is 5.75. The first-order chi connectivity index (χ1) is 13.3. The Labute approximate surface area is 165 Å². The first kappa shape index (κ1) is 23.0. The van der Waals surface area contributed by atoms with Crippen LogP contribution in [-0.4, -0.2) is 26.4 Å². The molecule has 0 bridgehead atoms. The second-order valence-corrected chi connectivity index (χ2v) is 6.98. The van der Waals surface area contributed by atoms with Gasteiger partial charge in [0.1, 0.15) is 0 Å². The van der Waals surface area contributed by atoms with E-state index in [2.05, 4.69) is 0 Å². The molecule has 2 rings (SSSR count). The van der Waals surface area contributed by atoms with Crippen molar-refractivity contribution < 1.29 is 30.7 Å². The molecule has 0 radical (unpaired) electrons. The molecule has 2 aromatic rings. The number of alkyl halides is 7. The molecule has 2 aromatic carbocycles. The van der Waals surface area contributed by atoms with Crippen LogP contribution >= 0.6 is 0 Å². The molecule has 0 aliphatic rings.